The van der Waals surface area contributed by atoms with Gasteiger partial charge in [0.2, 0.25) is 0 Å². The van der Waals surface area contributed by atoms with Crippen LogP contribution in [0.1, 0.15) is 29.3 Å². The van der Waals surface area contributed by atoms with E-state index in [-0.39, 0.29) is 42.2 Å². The number of fused-ring (bicyclic) bond motifs is 1. The quantitative estimate of drug-likeness (QED) is 0.637. The van der Waals surface area contributed by atoms with Gasteiger partial charge in [-0.05, 0) is 31.2 Å². The topological polar surface area (TPSA) is 106 Å². The molecule has 8 nitrogen and oxygen atoms in total. The minimum Gasteiger partial charge on any atom is -0.462 e. The van der Waals surface area contributed by atoms with Crippen LogP contribution >= 0.6 is 0 Å². The molecule has 1 aromatic carbocycles. The Bertz CT molecular complexity index is 1090. The highest BCUT2D eigenvalue weighted by atomic mass is 19.1. The average molecular weight is 403 g/mol. The van der Waals surface area contributed by atoms with Crippen molar-refractivity contribution < 1.29 is 23.4 Å². The summed E-state index contributed by atoms with van der Waals surface area (Å²) in [6.45, 7) is 1.93. The summed E-state index contributed by atoms with van der Waals surface area (Å²) in [7, 11) is 0. The molecule has 1 unspecified atom stereocenters. The first-order chi connectivity index (χ1) is 13.8. The molecular weight excluding hydrogens is 384 g/mol. The van der Waals surface area contributed by atoms with E-state index in [1.165, 1.54) is 15.6 Å². The molecule has 1 aliphatic heterocycles. The summed E-state index contributed by atoms with van der Waals surface area (Å²) in [4.78, 5) is 18.1. The Labute approximate surface area is 164 Å². The summed E-state index contributed by atoms with van der Waals surface area (Å²) >= 11 is 0. The number of aliphatic hydroxyl groups excluding tert-OH is 1. The van der Waals surface area contributed by atoms with Gasteiger partial charge in [-0.25, -0.2) is 23.1 Å². The van der Waals surface area contributed by atoms with Gasteiger partial charge in [-0.2, -0.15) is 5.10 Å². The Hall–Kier alpha value is -3.11. The molecule has 2 atom stereocenters. The third-order valence-electron chi connectivity index (χ3n) is 4.94. The largest absolute Gasteiger partial charge is 0.462 e. The molecule has 2 aromatic heterocycles. The first-order valence-corrected chi connectivity index (χ1v) is 9.05. The highest BCUT2D eigenvalue weighted by Gasteiger charge is 2.46. The van der Waals surface area contributed by atoms with Crippen LogP contribution in [0.4, 0.5) is 14.6 Å². The van der Waals surface area contributed by atoms with Crippen molar-refractivity contribution in [3.05, 3.63) is 59.4 Å². The summed E-state index contributed by atoms with van der Waals surface area (Å²) in [5.41, 5.74) is 5.26. The summed E-state index contributed by atoms with van der Waals surface area (Å²) < 4.78 is 34.7. The Kier molecular flexibility index (Phi) is 4.67. The van der Waals surface area contributed by atoms with Crippen LogP contribution in [-0.4, -0.2) is 44.9 Å². The van der Waals surface area contributed by atoms with E-state index in [0.29, 0.717) is 0 Å². The number of hydrogen-bond donors (Lipinski definition) is 2. The van der Waals surface area contributed by atoms with Crippen LogP contribution in [0.15, 0.2) is 36.7 Å². The molecule has 0 amide bonds. The van der Waals surface area contributed by atoms with Crippen LogP contribution in [0.2, 0.25) is 0 Å². The smallest absolute Gasteiger partial charge is 0.343 e. The van der Waals surface area contributed by atoms with Crippen LogP contribution in [0.5, 0.6) is 0 Å². The predicted octanol–water partition coefficient (Wildman–Crippen LogP) is 1.57. The van der Waals surface area contributed by atoms with E-state index in [1.54, 1.807) is 19.2 Å². The van der Waals surface area contributed by atoms with Crippen LogP contribution in [-0.2, 0) is 10.4 Å². The fourth-order valence-electron chi connectivity index (χ4n) is 3.65. The molecule has 0 saturated carbocycles. The monoisotopic (exact) mass is 403 g/mol. The van der Waals surface area contributed by atoms with Gasteiger partial charge in [-0.3, -0.25) is 0 Å². The number of rotatable bonds is 4. The zero-order valence-electron chi connectivity index (χ0n) is 15.5. The molecule has 0 spiro atoms. The fraction of sp³-hybridized carbons (Fsp3) is 0.316. The van der Waals surface area contributed by atoms with E-state index >= 15 is 0 Å². The molecule has 3 N–H and O–H groups in total. The molecule has 10 heteroatoms. The fourth-order valence-corrected chi connectivity index (χ4v) is 3.65. The number of benzene rings is 1. The Morgan fingerprint density at radius 1 is 1.41 bits per heavy atom. The van der Waals surface area contributed by atoms with E-state index in [1.807, 2.05) is 0 Å². The number of halogens is 2. The van der Waals surface area contributed by atoms with Crippen molar-refractivity contribution in [1.82, 2.24) is 14.6 Å². The van der Waals surface area contributed by atoms with Crippen molar-refractivity contribution >= 4 is 17.4 Å². The van der Waals surface area contributed by atoms with Gasteiger partial charge in [-0.1, -0.05) is 0 Å². The van der Waals surface area contributed by atoms with Gasteiger partial charge in [0.05, 0.1) is 18.9 Å². The van der Waals surface area contributed by atoms with Crippen molar-refractivity contribution in [2.45, 2.75) is 25.1 Å². The number of anilines is 1. The van der Waals surface area contributed by atoms with Crippen LogP contribution < -0.4 is 10.6 Å². The Balaban J connectivity index is 1.82. The number of esters is 1. The lowest BCUT2D eigenvalue weighted by Gasteiger charge is -2.36. The minimum atomic E-state index is -1.53. The summed E-state index contributed by atoms with van der Waals surface area (Å²) in [6.07, 6.45) is 2.00. The van der Waals surface area contributed by atoms with Crippen LogP contribution in [0.3, 0.4) is 0 Å². The van der Waals surface area contributed by atoms with Crippen LogP contribution in [0.25, 0.3) is 5.65 Å². The number of nitrogens with two attached hydrogens (primary N) is 1. The standard InChI is InChI=1S/C19H19F2N5O3/c1-2-29-18(28)13-9-23-26-6-5-16(24-17(13)26)25-10-12(27)8-19(25,22)14-7-11(20)3-4-15(14)21/h3-7,9,12,27H,2,8,10,22H2,1H3/t12-,19?/m0/s1. The third kappa shape index (κ3) is 3.19. The van der Waals surface area contributed by atoms with Gasteiger partial charge < -0.3 is 20.5 Å². The number of aromatic nitrogens is 3. The normalized spacial score (nSPS) is 21.7. The molecule has 29 heavy (non-hydrogen) atoms. The number of nitrogens with zero attached hydrogens (tertiary/aromatic N) is 4. The highest BCUT2D eigenvalue weighted by molar-refractivity contribution is 5.95. The maximum Gasteiger partial charge on any atom is 0.343 e. The van der Waals surface area contributed by atoms with E-state index in [0.717, 1.165) is 18.2 Å². The molecule has 1 fully saturated rings. The van der Waals surface area contributed by atoms with Crippen LogP contribution in [0, 0.1) is 11.6 Å². The molecular formula is C19H19F2N5O3. The van der Waals surface area contributed by atoms with E-state index in [4.69, 9.17) is 10.5 Å². The van der Waals surface area contributed by atoms with Crippen molar-refractivity contribution in [3.8, 4) is 0 Å². The molecule has 0 aliphatic carbocycles. The first kappa shape index (κ1) is 19.2. The highest BCUT2D eigenvalue weighted by Crippen LogP contribution is 2.38. The molecule has 1 saturated heterocycles. The van der Waals surface area contributed by atoms with E-state index in [2.05, 4.69) is 10.1 Å². The molecule has 0 bridgehead atoms. The summed E-state index contributed by atoms with van der Waals surface area (Å²) in [5, 5.41) is 14.3. The Morgan fingerprint density at radius 3 is 2.97 bits per heavy atom. The number of carbonyl (C=O) groups excluding carboxylic acids is 1. The summed E-state index contributed by atoms with van der Waals surface area (Å²) in [5.74, 6) is -1.63. The SMILES string of the molecule is CCOC(=O)c1cnn2ccc(N3C[C@@H](O)CC3(N)c3cc(F)ccc3F)nc12. The number of ether oxygens (including phenoxy) is 1. The zero-order chi connectivity index (χ0) is 20.8. The maximum atomic E-state index is 14.5. The predicted molar refractivity (Wildman–Crippen MR) is 99.1 cm³/mol. The van der Waals surface area contributed by atoms with Gasteiger partial charge >= 0.3 is 5.97 Å². The molecule has 0 radical (unpaired) electrons. The number of hydrogen-bond acceptors (Lipinski definition) is 7. The molecule has 152 valence electrons. The maximum absolute atomic E-state index is 14.5. The second kappa shape index (κ2) is 7.05. The van der Waals surface area contributed by atoms with Gasteiger partial charge in [0.15, 0.2) is 5.65 Å². The molecule has 4 rings (SSSR count). The van der Waals surface area contributed by atoms with Gasteiger partial charge in [0, 0.05) is 24.7 Å². The Morgan fingerprint density at radius 2 is 2.21 bits per heavy atom. The van der Waals surface area contributed by atoms with Gasteiger partial charge in [-0.15, -0.1) is 0 Å². The lowest BCUT2D eigenvalue weighted by atomic mass is 9.96. The first-order valence-electron chi connectivity index (χ1n) is 9.05. The molecule has 3 aromatic rings. The molecule has 3 heterocycles. The van der Waals surface area contributed by atoms with Crippen molar-refractivity contribution in [2.75, 3.05) is 18.1 Å². The second-order valence-corrected chi connectivity index (χ2v) is 6.85. The van der Waals surface area contributed by atoms with E-state index < -0.39 is 29.4 Å². The number of aliphatic hydroxyl groups is 1. The minimum absolute atomic E-state index is 0.0236. The number of carbonyl (C=O) groups is 1. The molecule has 1 aliphatic rings. The van der Waals surface area contributed by atoms with E-state index in [9.17, 15) is 18.7 Å². The second-order valence-electron chi connectivity index (χ2n) is 6.85. The lowest BCUT2D eigenvalue weighted by molar-refractivity contribution is 0.0528. The van der Waals surface area contributed by atoms with Crippen molar-refractivity contribution in [1.29, 1.82) is 0 Å². The summed E-state index contributed by atoms with van der Waals surface area (Å²) in [6, 6.07) is 4.59. The van der Waals surface area contributed by atoms with Gasteiger partial charge in [0.1, 0.15) is 28.7 Å². The lowest BCUT2D eigenvalue weighted by Crippen LogP contribution is -2.50. The van der Waals surface area contributed by atoms with Gasteiger partial charge in [0.25, 0.3) is 0 Å². The third-order valence-corrected chi connectivity index (χ3v) is 4.94. The van der Waals surface area contributed by atoms with Crippen molar-refractivity contribution in [2.24, 2.45) is 5.73 Å². The van der Waals surface area contributed by atoms with Crippen molar-refractivity contribution in [3.63, 3.8) is 0 Å². The zero-order valence-corrected chi connectivity index (χ0v) is 15.5. The average Bonchev–Trinajstić information content (AvgIpc) is 3.24. The number of β-amino-alcohol motifs (C(OH)–C–C–N with tert-alkyl or cyclic N) is 1.